The van der Waals surface area contributed by atoms with Crippen LogP contribution in [0.4, 0.5) is 5.69 Å². The first-order valence-corrected chi connectivity index (χ1v) is 9.43. The monoisotopic (exact) mass is 398 g/mol. The lowest BCUT2D eigenvalue weighted by Crippen LogP contribution is -2.44. The van der Waals surface area contributed by atoms with Crippen molar-refractivity contribution in [2.75, 3.05) is 52.8 Å². The van der Waals surface area contributed by atoms with Crippen LogP contribution in [0.1, 0.15) is 22.0 Å². The molecule has 1 unspecified atom stereocenters. The Morgan fingerprint density at radius 3 is 2.62 bits per heavy atom. The standard InChI is InChI=1S/C21H26N4O4/c1-24(2)21(27)17-13-16(6-7-18(17)28-3)23-20(26)19(15-5-4-8-22-14-15)25-9-11-29-12-10-25/h4-8,13-14,19H,9-12H2,1-3H3,(H,23,26). The summed E-state index contributed by atoms with van der Waals surface area (Å²) in [5.74, 6) is 0.0712. The molecule has 2 aromatic rings. The lowest BCUT2D eigenvalue weighted by Gasteiger charge is -2.33. The molecule has 154 valence electrons. The van der Waals surface area contributed by atoms with Crippen molar-refractivity contribution in [2.45, 2.75) is 6.04 Å². The molecule has 1 aromatic heterocycles. The third-order valence-electron chi connectivity index (χ3n) is 4.76. The summed E-state index contributed by atoms with van der Waals surface area (Å²) in [6.07, 6.45) is 3.38. The molecule has 8 heteroatoms. The highest BCUT2D eigenvalue weighted by atomic mass is 16.5. The van der Waals surface area contributed by atoms with Gasteiger partial charge in [0.15, 0.2) is 0 Å². The van der Waals surface area contributed by atoms with E-state index in [1.165, 1.54) is 12.0 Å². The summed E-state index contributed by atoms with van der Waals surface area (Å²) in [7, 11) is 4.85. The van der Waals surface area contributed by atoms with Crippen LogP contribution in [-0.2, 0) is 9.53 Å². The van der Waals surface area contributed by atoms with Gasteiger partial charge in [-0.1, -0.05) is 6.07 Å². The lowest BCUT2D eigenvalue weighted by molar-refractivity contribution is -0.123. The first-order chi connectivity index (χ1) is 14.0. The molecule has 1 N–H and O–H groups in total. The van der Waals surface area contributed by atoms with Crippen LogP contribution < -0.4 is 10.1 Å². The number of aromatic nitrogens is 1. The number of anilines is 1. The van der Waals surface area contributed by atoms with Gasteiger partial charge in [0.2, 0.25) is 5.91 Å². The molecule has 1 aliphatic heterocycles. The minimum Gasteiger partial charge on any atom is -0.496 e. The Morgan fingerprint density at radius 1 is 1.24 bits per heavy atom. The largest absolute Gasteiger partial charge is 0.496 e. The maximum Gasteiger partial charge on any atom is 0.257 e. The summed E-state index contributed by atoms with van der Waals surface area (Å²) in [6.45, 7) is 2.46. The molecule has 3 rings (SSSR count). The number of rotatable bonds is 6. The molecule has 1 aromatic carbocycles. The van der Waals surface area contributed by atoms with E-state index in [2.05, 4.69) is 15.2 Å². The topological polar surface area (TPSA) is 84.0 Å². The molecule has 2 heterocycles. The molecule has 0 bridgehead atoms. The Morgan fingerprint density at radius 2 is 2.00 bits per heavy atom. The molecule has 2 amide bonds. The third-order valence-corrected chi connectivity index (χ3v) is 4.76. The van der Waals surface area contributed by atoms with E-state index in [1.807, 2.05) is 12.1 Å². The molecule has 1 saturated heterocycles. The maximum atomic E-state index is 13.2. The van der Waals surface area contributed by atoms with Crippen molar-refractivity contribution in [2.24, 2.45) is 0 Å². The Kier molecular flexibility index (Phi) is 6.79. The van der Waals surface area contributed by atoms with Gasteiger partial charge in [-0.15, -0.1) is 0 Å². The normalized spacial score (nSPS) is 15.4. The second-order valence-corrected chi connectivity index (χ2v) is 6.94. The number of pyridine rings is 1. The second kappa shape index (κ2) is 9.49. The third kappa shape index (κ3) is 4.90. The minimum absolute atomic E-state index is 0.187. The first kappa shape index (κ1) is 20.8. The summed E-state index contributed by atoms with van der Waals surface area (Å²) >= 11 is 0. The number of methoxy groups -OCH3 is 1. The zero-order chi connectivity index (χ0) is 20.8. The van der Waals surface area contributed by atoms with Gasteiger partial charge in [0, 0.05) is 45.3 Å². The number of amides is 2. The van der Waals surface area contributed by atoms with E-state index >= 15 is 0 Å². The van der Waals surface area contributed by atoms with Crippen molar-refractivity contribution in [3.05, 3.63) is 53.9 Å². The van der Waals surface area contributed by atoms with Crippen molar-refractivity contribution in [3.8, 4) is 5.75 Å². The number of carbonyl (C=O) groups is 2. The van der Waals surface area contributed by atoms with Crippen LogP contribution >= 0.6 is 0 Å². The smallest absolute Gasteiger partial charge is 0.257 e. The minimum atomic E-state index is -0.497. The number of nitrogens with one attached hydrogen (secondary N) is 1. The second-order valence-electron chi connectivity index (χ2n) is 6.94. The predicted molar refractivity (Wildman–Crippen MR) is 109 cm³/mol. The van der Waals surface area contributed by atoms with E-state index in [4.69, 9.17) is 9.47 Å². The average Bonchev–Trinajstić information content (AvgIpc) is 2.74. The number of nitrogens with zero attached hydrogens (tertiary/aromatic N) is 3. The molecule has 8 nitrogen and oxygen atoms in total. The van der Waals surface area contributed by atoms with E-state index in [1.54, 1.807) is 44.7 Å². The predicted octanol–water partition coefficient (Wildman–Crippen LogP) is 1.80. The average molecular weight is 398 g/mol. The fraction of sp³-hybridized carbons (Fsp3) is 0.381. The van der Waals surface area contributed by atoms with Gasteiger partial charge in [-0.2, -0.15) is 0 Å². The van der Waals surface area contributed by atoms with Crippen LogP contribution in [0, 0.1) is 0 Å². The van der Waals surface area contributed by atoms with Crippen LogP contribution in [0.25, 0.3) is 0 Å². The lowest BCUT2D eigenvalue weighted by atomic mass is 10.1. The Labute approximate surface area is 170 Å². The van der Waals surface area contributed by atoms with Crippen LogP contribution in [-0.4, -0.2) is 74.1 Å². The highest BCUT2D eigenvalue weighted by molar-refractivity contribution is 6.00. The Balaban J connectivity index is 1.87. The molecule has 0 aliphatic carbocycles. The maximum absolute atomic E-state index is 13.2. The highest BCUT2D eigenvalue weighted by Gasteiger charge is 2.29. The molecule has 1 atom stereocenters. The van der Waals surface area contributed by atoms with E-state index in [9.17, 15) is 9.59 Å². The molecular formula is C21H26N4O4. The summed E-state index contributed by atoms with van der Waals surface area (Å²) in [4.78, 5) is 33.4. The quantitative estimate of drug-likeness (QED) is 0.799. The number of carbonyl (C=O) groups excluding carboxylic acids is 2. The molecule has 1 aliphatic rings. The molecule has 1 fully saturated rings. The number of hydrogen-bond donors (Lipinski definition) is 1. The van der Waals surface area contributed by atoms with Gasteiger partial charge < -0.3 is 19.7 Å². The number of morpholine rings is 1. The van der Waals surface area contributed by atoms with Gasteiger partial charge >= 0.3 is 0 Å². The van der Waals surface area contributed by atoms with Crippen molar-refractivity contribution in [3.63, 3.8) is 0 Å². The van der Waals surface area contributed by atoms with E-state index in [0.29, 0.717) is 43.3 Å². The summed E-state index contributed by atoms with van der Waals surface area (Å²) in [5.41, 5.74) is 1.73. The van der Waals surface area contributed by atoms with Crippen molar-refractivity contribution in [1.29, 1.82) is 0 Å². The molecule has 0 saturated carbocycles. The number of ether oxygens (including phenoxy) is 2. The molecule has 0 spiro atoms. The highest BCUT2D eigenvalue weighted by Crippen LogP contribution is 2.27. The fourth-order valence-corrected chi connectivity index (χ4v) is 3.31. The van der Waals surface area contributed by atoms with Crippen molar-refractivity contribution < 1.29 is 19.1 Å². The zero-order valence-corrected chi connectivity index (χ0v) is 16.9. The number of benzene rings is 1. The van der Waals surface area contributed by atoms with Gasteiger partial charge in [0.05, 0.1) is 25.9 Å². The fourth-order valence-electron chi connectivity index (χ4n) is 3.31. The zero-order valence-electron chi connectivity index (χ0n) is 16.9. The SMILES string of the molecule is COc1ccc(NC(=O)C(c2cccnc2)N2CCOCC2)cc1C(=O)N(C)C. The van der Waals surface area contributed by atoms with E-state index in [0.717, 1.165) is 5.56 Å². The van der Waals surface area contributed by atoms with Crippen LogP contribution in [0.2, 0.25) is 0 Å². The van der Waals surface area contributed by atoms with E-state index < -0.39 is 6.04 Å². The molecular weight excluding hydrogens is 372 g/mol. The number of hydrogen-bond acceptors (Lipinski definition) is 6. The first-order valence-electron chi connectivity index (χ1n) is 9.43. The van der Waals surface area contributed by atoms with Gasteiger partial charge in [-0.05, 0) is 29.8 Å². The Bertz CT molecular complexity index is 851. The summed E-state index contributed by atoms with van der Waals surface area (Å²) in [6, 6.07) is 8.25. The Hall–Kier alpha value is -2.97. The molecule has 0 radical (unpaired) electrons. The van der Waals surface area contributed by atoms with Gasteiger partial charge in [0.1, 0.15) is 11.8 Å². The van der Waals surface area contributed by atoms with Crippen LogP contribution in [0.3, 0.4) is 0 Å². The van der Waals surface area contributed by atoms with Crippen molar-refractivity contribution >= 4 is 17.5 Å². The van der Waals surface area contributed by atoms with Crippen molar-refractivity contribution in [1.82, 2.24) is 14.8 Å². The van der Waals surface area contributed by atoms with Crippen LogP contribution in [0.15, 0.2) is 42.7 Å². The summed E-state index contributed by atoms with van der Waals surface area (Å²) < 4.78 is 10.7. The molecule has 29 heavy (non-hydrogen) atoms. The van der Waals surface area contributed by atoms with E-state index in [-0.39, 0.29) is 11.8 Å². The van der Waals surface area contributed by atoms with Crippen LogP contribution in [0.5, 0.6) is 5.75 Å². The van der Waals surface area contributed by atoms with Gasteiger partial charge in [-0.25, -0.2) is 0 Å². The van der Waals surface area contributed by atoms with Gasteiger partial charge in [0.25, 0.3) is 5.91 Å². The van der Waals surface area contributed by atoms with Gasteiger partial charge in [-0.3, -0.25) is 19.5 Å². The summed E-state index contributed by atoms with van der Waals surface area (Å²) in [5, 5.41) is 2.95.